The lowest BCUT2D eigenvalue weighted by Gasteiger charge is -2.26. The van der Waals surface area contributed by atoms with Crippen LogP contribution < -0.4 is 0 Å². The standard InChI is InChI=1S/C21H28N2O5S3/c24-30(25,22-12-2-1-3-13-22)20-8-10-21(11-9-20)31(26,27)23(16-18-6-4-14-28-18)17-19-7-5-15-29-19/h5,7-11,15,18H,1-4,6,12-14,16-17H2/t18-/m1/s1. The Morgan fingerprint density at radius 2 is 1.68 bits per heavy atom. The molecule has 0 spiro atoms. The fourth-order valence-corrected chi connectivity index (χ4v) is 7.79. The van der Waals surface area contributed by atoms with E-state index in [-0.39, 0.29) is 29.0 Å². The number of hydrogen-bond acceptors (Lipinski definition) is 6. The molecule has 1 atom stereocenters. The van der Waals surface area contributed by atoms with E-state index in [2.05, 4.69) is 0 Å². The number of ether oxygens (including phenoxy) is 1. The fraction of sp³-hybridized carbons (Fsp3) is 0.524. The lowest BCUT2D eigenvalue weighted by molar-refractivity contribution is 0.0927. The summed E-state index contributed by atoms with van der Waals surface area (Å²) in [6, 6.07) is 9.44. The molecule has 0 radical (unpaired) electrons. The normalized spacial score (nSPS) is 21.0. The van der Waals surface area contributed by atoms with Gasteiger partial charge in [-0.3, -0.25) is 0 Å². The third-order valence-corrected chi connectivity index (χ3v) is 10.4. The third-order valence-electron chi connectivity index (χ3n) is 5.76. The van der Waals surface area contributed by atoms with Crippen molar-refractivity contribution in [2.75, 3.05) is 26.2 Å². The van der Waals surface area contributed by atoms with E-state index in [0.29, 0.717) is 19.7 Å². The van der Waals surface area contributed by atoms with Gasteiger partial charge in [0.25, 0.3) is 0 Å². The zero-order chi connectivity index (χ0) is 21.9. The van der Waals surface area contributed by atoms with Gasteiger partial charge in [0.1, 0.15) is 0 Å². The molecule has 0 amide bonds. The Morgan fingerprint density at radius 1 is 0.968 bits per heavy atom. The maximum Gasteiger partial charge on any atom is 0.243 e. The number of nitrogens with zero attached hydrogens (tertiary/aromatic N) is 2. The summed E-state index contributed by atoms with van der Waals surface area (Å²) in [7, 11) is -7.40. The minimum Gasteiger partial charge on any atom is -0.377 e. The van der Waals surface area contributed by atoms with Crippen LogP contribution in [-0.4, -0.2) is 57.8 Å². The molecule has 7 nitrogen and oxygen atoms in total. The number of piperidine rings is 1. The fourth-order valence-electron chi connectivity index (χ4n) is 4.03. The number of rotatable bonds is 8. The second-order valence-electron chi connectivity index (χ2n) is 7.95. The van der Waals surface area contributed by atoms with Crippen molar-refractivity contribution in [1.82, 2.24) is 8.61 Å². The lowest BCUT2D eigenvalue weighted by Crippen LogP contribution is -2.37. The predicted molar refractivity (Wildman–Crippen MR) is 120 cm³/mol. The highest BCUT2D eigenvalue weighted by Gasteiger charge is 2.31. The highest BCUT2D eigenvalue weighted by atomic mass is 32.2. The summed E-state index contributed by atoms with van der Waals surface area (Å²) in [5.74, 6) is 0. The van der Waals surface area contributed by atoms with Crippen molar-refractivity contribution in [3.63, 3.8) is 0 Å². The number of sulfonamides is 2. The van der Waals surface area contributed by atoms with E-state index in [1.54, 1.807) is 0 Å². The number of benzene rings is 1. The van der Waals surface area contributed by atoms with Crippen LogP contribution in [-0.2, 0) is 31.3 Å². The highest BCUT2D eigenvalue weighted by Crippen LogP contribution is 2.26. The molecule has 0 unspecified atom stereocenters. The summed E-state index contributed by atoms with van der Waals surface area (Å²) in [5.41, 5.74) is 0. The third kappa shape index (κ3) is 5.20. The van der Waals surface area contributed by atoms with Gasteiger partial charge in [-0.1, -0.05) is 12.5 Å². The topological polar surface area (TPSA) is 84.0 Å². The zero-order valence-electron chi connectivity index (χ0n) is 17.4. The molecule has 170 valence electrons. The lowest BCUT2D eigenvalue weighted by atomic mass is 10.2. The van der Waals surface area contributed by atoms with Crippen LogP contribution >= 0.6 is 11.3 Å². The van der Waals surface area contributed by atoms with Crippen molar-refractivity contribution in [2.45, 2.75) is 54.5 Å². The summed E-state index contributed by atoms with van der Waals surface area (Å²) in [4.78, 5) is 1.18. The molecule has 1 aromatic carbocycles. The van der Waals surface area contributed by atoms with Crippen LogP contribution in [0.5, 0.6) is 0 Å². The van der Waals surface area contributed by atoms with Crippen LogP contribution in [0.2, 0.25) is 0 Å². The summed E-state index contributed by atoms with van der Waals surface area (Å²) in [6.45, 7) is 2.24. The quantitative estimate of drug-likeness (QED) is 0.574. The summed E-state index contributed by atoms with van der Waals surface area (Å²) < 4.78 is 61.2. The largest absolute Gasteiger partial charge is 0.377 e. The summed E-state index contributed by atoms with van der Waals surface area (Å²) >= 11 is 1.51. The van der Waals surface area contributed by atoms with Crippen molar-refractivity contribution in [1.29, 1.82) is 0 Å². The maximum atomic E-state index is 13.4. The second kappa shape index (κ2) is 9.68. The average Bonchev–Trinajstić information content (AvgIpc) is 3.48. The molecule has 10 heteroatoms. The van der Waals surface area contributed by atoms with Crippen molar-refractivity contribution in [3.05, 3.63) is 46.7 Å². The molecule has 2 saturated heterocycles. The monoisotopic (exact) mass is 484 g/mol. The molecular weight excluding hydrogens is 456 g/mol. The minimum atomic E-state index is -3.80. The Hall–Kier alpha value is -1.30. The van der Waals surface area contributed by atoms with Gasteiger partial charge in [-0.05, 0) is 61.4 Å². The van der Waals surface area contributed by atoms with E-state index >= 15 is 0 Å². The number of thiophene rings is 1. The van der Waals surface area contributed by atoms with Crippen LogP contribution in [0.15, 0.2) is 51.6 Å². The van der Waals surface area contributed by atoms with Crippen molar-refractivity contribution in [2.24, 2.45) is 0 Å². The molecule has 2 aliphatic rings. The van der Waals surface area contributed by atoms with Crippen LogP contribution in [0.4, 0.5) is 0 Å². The van der Waals surface area contributed by atoms with E-state index in [1.807, 2.05) is 17.5 Å². The van der Waals surface area contributed by atoms with Crippen molar-refractivity contribution < 1.29 is 21.6 Å². The van der Waals surface area contributed by atoms with Crippen molar-refractivity contribution in [3.8, 4) is 0 Å². The van der Waals surface area contributed by atoms with Crippen LogP contribution in [0.3, 0.4) is 0 Å². The Bertz CT molecular complexity index is 1050. The Balaban J connectivity index is 1.57. The molecule has 0 aliphatic carbocycles. The first-order valence-electron chi connectivity index (χ1n) is 10.6. The van der Waals surface area contributed by atoms with E-state index in [4.69, 9.17) is 4.74 Å². The Morgan fingerprint density at radius 3 is 2.29 bits per heavy atom. The zero-order valence-corrected chi connectivity index (χ0v) is 19.8. The molecule has 2 fully saturated rings. The first-order valence-corrected chi connectivity index (χ1v) is 14.4. The number of hydrogen-bond donors (Lipinski definition) is 0. The van der Waals surface area contributed by atoms with Crippen LogP contribution in [0.1, 0.15) is 37.0 Å². The SMILES string of the molecule is O=S(=O)(c1ccc(S(=O)(=O)N(Cc2cccs2)C[C@H]2CCCO2)cc1)N1CCCCC1. The first-order chi connectivity index (χ1) is 14.9. The van der Waals surface area contributed by atoms with Crippen molar-refractivity contribution >= 4 is 31.4 Å². The average molecular weight is 485 g/mol. The molecule has 0 bridgehead atoms. The first kappa shape index (κ1) is 22.9. The van der Waals surface area contributed by atoms with Gasteiger partial charge in [-0.15, -0.1) is 11.3 Å². The highest BCUT2D eigenvalue weighted by molar-refractivity contribution is 7.89. The molecule has 0 N–H and O–H groups in total. The van der Waals surface area contributed by atoms with Gasteiger partial charge in [-0.25, -0.2) is 16.8 Å². The molecule has 1 aromatic heterocycles. The summed E-state index contributed by atoms with van der Waals surface area (Å²) in [5, 5.41) is 1.92. The molecule has 0 saturated carbocycles. The van der Waals surface area contributed by atoms with Gasteiger partial charge in [-0.2, -0.15) is 8.61 Å². The molecule has 2 aliphatic heterocycles. The molecule has 3 heterocycles. The molecule has 4 rings (SSSR count). The molecular formula is C21H28N2O5S3. The van der Waals surface area contributed by atoms with Crippen LogP contribution in [0.25, 0.3) is 0 Å². The van der Waals surface area contributed by atoms with Gasteiger partial charge >= 0.3 is 0 Å². The smallest absolute Gasteiger partial charge is 0.243 e. The van der Waals surface area contributed by atoms with Crippen LogP contribution in [0, 0.1) is 0 Å². The van der Waals surface area contributed by atoms with Gasteiger partial charge in [0.05, 0.1) is 15.9 Å². The van der Waals surface area contributed by atoms with Gasteiger partial charge in [0, 0.05) is 37.7 Å². The maximum absolute atomic E-state index is 13.4. The van der Waals surface area contributed by atoms with E-state index in [0.717, 1.165) is 37.0 Å². The van der Waals surface area contributed by atoms with E-state index < -0.39 is 20.0 Å². The molecule has 31 heavy (non-hydrogen) atoms. The Kier molecular flexibility index (Phi) is 7.14. The van der Waals surface area contributed by atoms with Gasteiger partial charge in [0.15, 0.2) is 0 Å². The van der Waals surface area contributed by atoms with Gasteiger partial charge < -0.3 is 4.74 Å². The Labute approximate surface area is 188 Å². The molecule has 2 aromatic rings. The predicted octanol–water partition coefficient (Wildman–Crippen LogP) is 3.29. The second-order valence-corrected chi connectivity index (χ2v) is 12.9. The van der Waals surface area contributed by atoms with E-state index in [1.165, 1.54) is 44.2 Å². The summed E-state index contributed by atoms with van der Waals surface area (Å²) in [6.07, 6.45) is 4.39. The minimum absolute atomic E-state index is 0.0969. The van der Waals surface area contributed by atoms with Gasteiger partial charge in [0.2, 0.25) is 20.0 Å². The van der Waals surface area contributed by atoms with E-state index in [9.17, 15) is 16.8 Å².